The second kappa shape index (κ2) is 7.47. The lowest BCUT2D eigenvalue weighted by Crippen LogP contribution is -2.07. The number of anilines is 1. The number of hydrogen-bond donors (Lipinski definition) is 1. The summed E-state index contributed by atoms with van der Waals surface area (Å²) in [4.78, 5) is 9.10. The van der Waals surface area contributed by atoms with Crippen molar-refractivity contribution in [3.05, 3.63) is 83.9 Å². The van der Waals surface area contributed by atoms with Crippen molar-refractivity contribution in [3.63, 3.8) is 0 Å². The largest absolute Gasteiger partial charge is 0.454 e. The van der Waals surface area contributed by atoms with Crippen molar-refractivity contribution in [1.82, 2.24) is 14.4 Å². The van der Waals surface area contributed by atoms with Gasteiger partial charge in [-0.15, -0.1) is 0 Å². The third-order valence-corrected chi connectivity index (χ3v) is 5.21. The van der Waals surface area contributed by atoms with Gasteiger partial charge < -0.3 is 14.8 Å². The summed E-state index contributed by atoms with van der Waals surface area (Å²) in [6.07, 6.45) is 6.39. The summed E-state index contributed by atoms with van der Waals surface area (Å²) in [7, 11) is 0. The molecule has 2 aromatic heterocycles. The van der Waals surface area contributed by atoms with Crippen LogP contribution in [0.25, 0.3) is 5.65 Å². The Kier molecular flexibility index (Phi) is 4.52. The summed E-state index contributed by atoms with van der Waals surface area (Å²) in [6.45, 7) is 3.23. The monoisotopic (exact) mass is 386 g/mol. The number of imidazole rings is 1. The quantitative estimate of drug-likeness (QED) is 0.532. The van der Waals surface area contributed by atoms with E-state index in [2.05, 4.69) is 58.0 Å². The molecule has 1 aliphatic heterocycles. The summed E-state index contributed by atoms with van der Waals surface area (Å²) >= 11 is 0. The Bertz CT molecular complexity index is 1140. The standard InChI is InChI=1S/C23H22N4O2/c1-16(11-18-7-8-19-20(12-18)29-15-28-19)22-23(25-13-17-5-3-2-4-6-17)27-10-9-24-14-21(27)26-22/h2-10,12,14,16,25H,11,13,15H2,1H3/t16-/m1/s1. The first-order valence-electron chi connectivity index (χ1n) is 9.76. The van der Waals surface area contributed by atoms with E-state index in [4.69, 9.17) is 14.5 Å². The van der Waals surface area contributed by atoms with E-state index >= 15 is 0 Å². The van der Waals surface area contributed by atoms with Gasteiger partial charge in [0.15, 0.2) is 17.1 Å². The number of nitrogens with zero attached hydrogens (tertiary/aromatic N) is 3. The van der Waals surface area contributed by atoms with E-state index in [0.717, 1.165) is 41.6 Å². The molecule has 0 radical (unpaired) electrons. The van der Waals surface area contributed by atoms with Crippen molar-refractivity contribution < 1.29 is 9.47 Å². The first-order chi connectivity index (χ1) is 14.3. The van der Waals surface area contributed by atoms with E-state index in [1.807, 2.05) is 18.3 Å². The maximum absolute atomic E-state index is 5.52. The van der Waals surface area contributed by atoms with Crippen molar-refractivity contribution in [2.24, 2.45) is 0 Å². The first kappa shape index (κ1) is 17.6. The van der Waals surface area contributed by atoms with Crippen LogP contribution >= 0.6 is 0 Å². The van der Waals surface area contributed by atoms with Crippen LogP contribution in [0.4, 0.5) is 5.82 Å². The average Bonchev–Trinajstić information content (AvgIpc) is 3.37. The van der Waals surface area contributed by atoms with Crippen molar-refractivity contribution in [1.29, 1.82) is 0 Å². The zero-order valence-electron chi connectivity index (χ0n) is 16.2. The molecule has 6 heteroatoms. The molecular weight excluding hydrogens is 364 g/mol. The Morgan fingerprint density at radius 3 is 2.83 bits per heavy atom. The number of aromatic nitrogens is 3. The molecule has 0 saturated heterocycles. The Balaban J connectivity index is 1.43. The van der Waals surface area contributed by atoms with E-state index in [1.165, 1.54) is 11.1 Å². The Hall–Kier alpha value is -3.54. The van der Waals surface area contributed by atoms with Crippen molar-refractivity contribution in [3.8, 4) is 11.5 Å². The first-order valence-corrected chi connectivity index (χ1v) is 9.76. The Morgan fingerprint density at radius 1 is 1.07 bits per heavy atom. The summed E-state index contributed by atoms with van der Waals surface area (Å²) in [5, 5.41) is 3.59. The van der Waals surface area contributed by atoms with Gasteiger partial charge in [-0.1, -0.05) is 43.3 Å². The molecule has 0 aliphatic carbocycles. The van der Waals surface area contributed by atoms with Gasteiger partial charge in [-0.05, 0) is 29.7 Å². The van der Waals surface area contributed by atoms with E-state index in [-0.39, 0.29) is 5.92 Å². The van der Waals surface area contributed by atoms with Crippen LogP contribution in [0.5, 0.6) is 11.5 Å². The Morgan fingerprint density at radius 2 is 1.93 bits per heavy atom. The third kappa shape index (κ3) is 3.49. The van der Waals surface area contributed by atoms with Gasteiger partial charge in [0.05, 0.1) is 11.9 Å². The van der Waals surface area contributed by atoms with Crippen LogP contribution < -0.4 is 14.8 Å². The molecule has 1 atom stereocenters. The number of ether oxygens (including phenoxy) is 2. The minimum atomic E-state index is 0.216. The van der Waals surface area contributed by atoms with Crippen LogP contribution in [0.2, 0.25) is 0 Å². The second-order valence-electron chi connectivity index (χ2n) is 7.28. The normalized spacial score (nSPS) is 13.6. The predicted molar refractivity (Wildman–Crippen MR) is 111 cm³/mol. The zero-order valence-corrected chi connectivity index (χ0v) is 16.2. The lowest BCUT2D eigenvalue weighted by molar-refractivity contribution is 0.174. The van der Waals surface area contributed by atoms with Gasteiger partial charge in [-0.25, -0.2) is 4.98 Å². The van der Waals surface area contributed by atoms with Crippen LogP contribution in [0.1, 0.15) is 29.7 Å². The van der Waals surface area contributed by atoms with Crippen molar-refractivity contribution >= 4 is 11.5 Å². The fourth-order valence-corrected chi connectivity index (χ4v) is 3.74. The molecule has 0 unspecified atom stereocenters. The molecular formula is C23H22N4O2. The molecule has 4 aromatic rings. The van der Waals surface area contributed by atoms with Gasteiger partial charge >= 0.3 is 0 Å². The molecule has 1 aliphatic rings. The number of benzene rings is 2. The average molecular weight is 386 g/mol. The molecule has 0 amide bonds. The molecule has 5 rings (SSSR count). The van der Waals surface area contributed by atoms with Crippen molar-refractivity contribution in [2.45, 2.75) is 25.8 Å². The highest BCUT2D eigenvalue weighted by molar-refractivity contribution is 5.56. The van der Waals surface area contributed by atoms with Gasteiger partial charge in [0.25, 0.3) is 0 Å². The SMILES string of the molecule is C[C@H](Cc1ccc2c(c1)OCO2)c1nc2cnccn2c1NCc1ccccc1. The van der Waals surface area contributed by atoms with Crippen LogP contribution in [0.3, 0.4) is 0 Å². The molecule has 1 N–H and O–H groups in total. The van der Waals surface area contributed by atoms with E-state index < -0.39 is 0 Å². The molecule has 2 aromatic carbocycles. The smallest absolute Gasteiger partial charge is 0.231 e. The molecule has 29 heavy (non-hydrogen) atoms. The third-order valence-electron chi connectivity index (χ3n) is 5.21. The lowest BCUT2D eigenvalue weighted by atomic mass is 9.97. The molecule has 0 spiro atoms. The summed E-state index contributed by atoms with van der Waals surface area (Å²) in [6, 6.07) is 16.5. The second-order valence-corrected chi connectivity index (χ2v) is 7.28. The summed E-state index contributed by atoms with van der Waals surface area (Å²) in [5.41, 5.74) is 4.30. The van der Waals surface area contributed by atoms with Crippen LogP contribution in [-0.4, -0.2) is 21.2 Å². The fourth-order valence-electron chi connectivity index (χ4n) is 3.74. The van der Waals surface area contributed by atoms with Gasteiger partial charge in [0.2, 0.25) is 6.79 Å². The van der Waals surface area contributed by atoms with Gasteiger partial charge in [-0.3, -0.25) is 9.38 Å². The summed E-state index contributed by atoms with van der Waals surface area (Å²) < 4.78 is 13.0. The van der Waals surface area contributed by atoms with Gasteiger partial charge in [0.1, 0.15) is 5.82 Å². The molecule has 0 fully saturated rings. The maximum atomic E-state index is 5.52. The zero-order chi connectivity index (χ0) is 19.6. The van der Waals surface area contributed by atoms with E-state index in [9.17, 15) is 0 Å². The molecule has 146 valence electrons. The van der Waals surface area contributed by atoms with E-state index in [0.29, 0.717) is 6.79 Å². The number of hydrogen-bond acceptors (Lipinski definition) is 5. The fraction of sp³-hybridized carbons (Fsp3) is 0.217. The minimum Gasteiger partial charge on any atom is -0.454 e. The highest BCUT2D eigenvalue weighted by Crippen LogP contribution is 2.35. The topological polar surface area (TPSA) is 60.7 Å². The Labute approximate surface area is 169 Å². The summed E-state index contributed by atoms with van der Waals surface area (Å²) in [5.74, 6) is 2.86. The van der Waals surface area contributed by atoms with Gasteiger partial charge in [0, 0.05) is 24.9 Å². The molecule has 6 nitrogen and oxygen atoms in total. The number of nitrogens with one attached hydrogen (secondary N) is 1. The highest BCUT2D eigenvalue weighted by atomic mass is 16.7. The molecule has 0 saturated carbocycles. The number of rotatable bonds is 6. The predicted octanol–water partition coefficient (Wildman–Crippen LogP) is 4.42. The number of fused-ring (bicyclic) bond motifs is 2. The van der Waals surface area contributed by atoms with Crippen LogP contribution in [0.15, 0.2) is 67.1 Å². The minimum absolute atomic E-state index is 0.216. The molecule has 3 heterocycles. The van der Waals surface area contributed by atoms with Crippen LogP contribution in [0, 0.1) is 0 Å². The van der Waals surface area contributed by atoms with Crippen molar-refractivity contribution in [2.75, 3.05) is 12.1 Å². The van der Waals surface area contributed by atoms with Gasteiger partial charge in [-0.2, -0.15) is 0 Å². The lowest BCUT2D eigenvalue weighted by Gasteiger charge is -2.14. The highest BCUT2D eigenvalue weighted by Gasteiger charge is 2.20. The maximum Gasteiger partial charge on any atom is 0.231 e. The molecule has 0 bridgehead atoms. The van der Waals surface area contributed by atoms with E-state index in [1.54, 1.807) is 12.4 Å². The van der Waals surface area contributed by atoms with Crippen LogP contribution in [-0.2, 0) is 13.0 Å².